The molecule has 1 fully saturated rings. The van der Waals surface area contributed by atoms with Gasteiger partial charge in [0.15, 0.2) is 0 Å². The highest BCUT2D eigenvalue weighted by atomic mass is 16.5. The van der Waals surface area contributed by atoms with Crippen LogP contribution in [-0.4, -0.2) is 42.8 Å². The van der Waals surface area contributed by atoms with Crippen molar-refractivity contribution in [1.29, 1.82) is 0 Å². The molecule has 1 aliphatic rings. The Morgan fingerprint density at radius 2 is 2.33 bits per heavy atom. The van der Waals surface area contributed by atoms with Crippen LogP contribution in [0.25, 0.3) is 0 Å². The fourth-order valence-corrected chi connectivity index (χ4v) is 1.79. The minimum Gasteiger partial charge on any atom is -0.377 e. The molecule has 1 unspecified atom stereocenters. The quantitative estimate of drug-likeness (QED) is 0.716. The number of hydrogen-bond acceptors (Lipinski definition) is 3. The molecule has 0 aromatic carbocycles. The minimum absolute atomic E-state index is 0.195. The molecule has 0 aromatic rings. The molecular formula is C11H22N2O2. The molecule has 1 amide bonds. The summed E-state index contributed by atoms with van der Waals surface area (Å²) in [5.41, 5.74) is 0. The molecule has 1 aliphatic heterocycles. The van der Waals surface area contributed by atoms with E-state index in [2.05, 4.69) is 12.2 Å². The van der Waals surface area contributed by atoms with Crippen molar-refractivity contribution in [3.63, 3.8) is 0 Å². The summed E-state index contributed by atoms with van der Waals surface area (Å²) < 4.78 is 5.46. The number of nitrogens with one attached hydrogen (secondary N) is 1. The highest BCUT2D eigenvalue weighted by molar-refractivity contribution is 5.80. The molecule has 15 heavy (non-hydrogen) atoms. The van der Waals surface area contributed by atoms with Gasteiger partial charge in [0.25, 0.3) is 0 Å². The van der Waals surface area contributed by atoms with Crippen LogP contribution in [0.5, 0.6) is 0 Å². The van der Waals surface area contributed by atoms with Gasteiger partial charge in [0.1, 0.15) is 0 Å². The summed E-state index contributed by atoms with van der Waals surface area (Å²) in [6.45, 7) is 7.96. The lowest BCUT2D eigenvalue weighted by molar-refractivity contribution is -0.129. The van der Waals surface area contributed by atoms with Crippen molar-refractivity contribution >= 4 is 5.91 Å². The maximum Gasteiger partial charge on any atom is 0.237 e. The average Bonchev–Trinajstić information content (AvgIpc) is 2.50. The normalized spacial score (nSPS) is 21.7. The second-order valence-corrected chi connectivity index (χ2v) is 4.19. The summed E-state index contributed by atoms with van der Waals surface area (Å²) >= 11 is 0. The number of carbonyl (C=O) groups is 1. The predicted molar refractivity (Wildman–Crippen MR) is 59.5 cm³/mol. The summed E-state index contributed by atoms with van der Waals surface area (Å²) in [5, 5.41) is 3.22. The minimum atomic E-state index is 0.195. The Hall–Kier alpha value is -0.610. The Kier molecular flexibility index (Phi) is 5.05. The SMILES string of the molecule is CCCC1NCC(=O)N1CCOC(C)C. The standard InChI is InChI=1S/C11H22N2O2/c1-4-5-10-12-8-11(14)13(10)6-7-15-9(2)3/h9-10,12H,4-8H2,1-3H3. The van der Waals surface area contributed by atoms with Gasteiger partial charge in [-0.3, -0.25) is 10.1 Å². The molecule has 0 aromatic heterocycles. The van der Waals surface area contributed by atoms with E-state index < -0.39 is 0 Å². The summed E-state index contributed by atoms with van der Waals surface area (Å²) in [5.74, 6) is 0.195. The maximum atomic E-state index is 11.5. The highest BCUT2D eigenvalue weighted by Gasteiger charge is 2.28. The summed E-state index contributed by atoms with van der Waals surface area (Å²) in [7, 11) is 0. The summed E-state index contributed by atoms with van der Waals surface area (Å²) in [6.07, 6.45) is 2.57. The Balaban J connectivity index is 2.32. The summed E-state index contributed by atoms with van der Waals surface area (Å²) in [6, 6.07) is 0. The molecule has 1 rings (SSSR count). The third-order valence-electron chi connectivity index (χ3n) is 2.53. The number of rotatable bonds is 6. The van der Waals surface area contributed by atoms with Crippen LogP contribution in [0, 0.1) is 0 Å². The average molecular weight is 214 g/mol. The van der Waals surface area contributed by atoms with Crippen molar-refractivity contribution < 1.29 is 9.53 Å². The third kappa shape index (κ3) is 3.80. The highest BCUT2D eigenvalue weighted by Crippen LogP contribution is 2.10. The van der Waals surface area contributed by atoms with Crippen LogP contribution in [0.15, 0.2) is 0 Å². The van der Waals surface area contributed by atoms with Crippen molar-refractivity contribution in [2.45, 2.75) is 45.9 Å². The zero-order valence-corrected chi connectivity index (χ0v) is 9.95. The molecule has 1 N–H and O–H groups in total. The molecule has 1 heterocycles. The monoisotopic (exact) mass is 214 g/mol. The van der Waals surface area contributed by atoms with E-state index in [-0.39, 0.29) is 18.2 Å². The van der Waals surface area contributed by atoms with Crippen LogP contribution in [0.4, 0.5) is 0 Å². The van der Waals surface area contributed by atoms with Crippen molar-refractivity contribution in [1.82, 2.24) is 10.2 Å². The van der Waals surface area contributed by atoms with Gasteiger partial charge in [0.2, 0.25) is 5.91 Å². The molecule has 4 nitrogen and oxygen atoms in total. The van der Waals surface area contributed by atoms with Crippen molar-refractivity contribution in [3.8, 4) is 0 Å². The Morgan fingerprint density at radius 3 is 2.93 bits per heavy atom. The molecule has 0 saturated carbocycles. The first kappa shape index (κ1) is 12.5. The van der Waals surface area contributed by atoms with Crippen LogP contribution in [0.2, 0.25) is 0 Å². The Labute approximate surface area is 92.0 Å². The zero-order chi connectivity index (χ0) is 11.3. The van der Waals surface area contributed by atoms with E-state index >= 15 is 0 Å². The van der Waals surface area contributed by atoms with E-state index in [4.69, 9.17) is 4.74 Å². The smallest absolute Gasteiger partial charge is 0.237 e. The fraction of sp³-hybridized carbons (Fsp3) is 0.909. The van der Waals surface area contributed by atoms with Gasteiger partial charge in [-0.25, -0.2) is 0 Å². The molecule has 0 bridgehead atoms. The molecular weight excluding hydrogens is 192 g/mol. The molecule has 4 heteroatoms. The van der Waals surface area contributed by atoms with E-state index in [9.17, 15) is 4.79 Å². The van der Waals surface area contributed by atoms with Gasteiger partial charge < -0.3 is 9.64 Å². The lowest BCUT2D eigenvalue weighted by atomic mass is 10.2. The Bertz CT molecular complexity index is 207. The molecule has 0 spiro atoms. The van der Waals surface area contributed by atoms with E-state index in [0.717, 1.165) is 12.8 Å². The number of nitrogens with zero attached hydrogens (tertiary/aromatic N) is 1. The van der Waals surface area contributed by atoms with Gasteiger partial charge in [0, 0.05) is 6.54 Å². The first-order valence-corrected chi connectivity index (χ1v) is 5.79. The first-order valence-electron chi connectivity index (χ1n) is 5.79. The lowest BCUT2D eigenvalue weighted by Gasteiger charge is -2.24. The number of carbonyl (C=O) groups excluding carboxylic acids is 1. The van der Waals surface area contributed by atoms with Crippen LogP contribution in [0.3, 0.4) is 0 Å². The van der Waals surface area contributed by atoms with E-state index in [0.29, 0.717) is 19.7 Å². The van der Waals surface area contributed by atoms with Crippen molar-refractivity contribution in [2.24, 2.45) is 0 Å². The van der Waals surface area contributed by atoms with Gasteiger partial charge in [-0.2, -0.15) is 0 Å². The molecule has 0 aliphatic carbocycles. The largest absolute Gasteiger partial charge is 0.377 e. The van der Waals surface area contributed by atoms with Gasteiger partial charge in [-0.05, 0) is 20.3 Å². The fourth-order valence-electron chi connectivity index (χ4n) is 1.79. The van der Waals surface area contributed by atoms with Crippen molar-refractivity contribution in [2.75, 3.05) is 19.7 Å². The lowest BCUT2D eigenvalue weighted by Crippen LogP contribution is -2.39. The Morgan fingerprint density at radius 1 is 1.60 bits per heavy atom. The molecule has 88 valence electrons. The summed E-state index contributed by atoms with van der Waals surface area (Å²) in [4.78, 5) is 13.4. The third-order valence-corrected chi connectivity index (χ3v) is 2.53. The van der Waals surface area contributed by atoms with Crippen molar-refractivity contribution in [3.05, 3.63) is 0 Å². The van der Waals surface area contributed by atoms with Crippen LogP contribution < -0.4 is 5.32 Å². The van der Waals surface area contributed by atoms with Crippen LogP contribution >= 0.6 is 0 Å². The van der Waals surface area contributed by atoms with E-state index in [1.807, 2.05) is 18.7 Å². The number of ether oxygens (including phenoxy) is 1. The first-order chi connectivity index (χ1) is 7.15. The van der Waals surface area contributed by atoms with Gasteiger partial charge in [0.05, 0.1) is 25.4 Å². The van der Waals surface area contributed by atoms with Gasteiger partial charge in [-0.1, -0.05) is 13.3 Å². The van der Waals surface area contributed by atoms with E-state index in [1.54, 1.807) is 0 Å². The molecule has 0 radical (unpaired) electrons. The predicted octanol–water partition coefficient (Wildman–Crippen LogP) is 0.969. The topological polar surface area (TPSA) is 41.6 Å². The van der Waals surface area contributed by atoms with Crippen LogP contribution in [0.1, 0.15) is 33.6 Å². The second kappa shape index (κ2) is 6.08. The van der Waals surface area contributed by atoms with E-state index in [1.165, 1.54) is 0 Å². The number of amides is 1. The van der Waals surface area contributed by atoms with Gasteiger partial charge >= 0.3 is 0 Å². The molecule has 1 saturated heterocycles. The number of hydrogen-bond donors (Lipinski definition) is 1. The van der Waals surface area contributed by atoms with Crippen LogP contribution in [-0.2, 0) is 9.53 Å². The maximum absolute atomic E-state index is 11.5. The second-order valence-electron chi connectivity index (χ2n) is 4.19. The molecule has 1 atom stereocenters. The zero-order valence-electron chi connectivity index (χ0n) is 9.95. The van der Waals surface area contributed by atoms with Gasteiger partial charge in [-0.15, -0.1) is 0 Å².